The number of piperazine rings is 2. The summed E-state index contributed by atoms with van der Waals surface area (Å²) in [5.41, 5.74) is 4.97. The summed E-state index contributed by atoms with van der Waals surface area (Å²) in [4.78, 5) is 88.0. The summed E-state index contributed by atoms with van der Waals surface area (Å²) < 4.78 is 13.3. The second-order valence-corrected chi connectivity index (χ2v) is 21.7. The molecule has 0 atom stereocenters. The van der Waals surface area contributed by atoms with Crippen molar-refractivity contribution in [2.75, 3.05) is 115 Å². The molecule has 0 aliphatic carbocycles. The predicted octanol–water partition coefficient (Wildman–Crippen LogP) is 4.80. The third-order valence-electron chi connectivity index (χ3n) is 15.5. The van der Waals surface area contributed by atoms with Gasteiger partial charge in [0.15, 0.2) is 11.3 Å². The Morgan fingerprint density at radius 1 is 0.558 bits per heavy atom. The van der Waals surface area contributed by atoms with Crippen LogP contribution in [0.1, 0.15) is 67.2 Å². The Bertz CT molecular complexity index is 3680. The topological polar surface area (TPSA) is 191 Å². The van der Waals surface area contributed by atoms with Crippen molar-refractivity contribution < 1.29 is 19.1 Å². The van der Waals surface area contributed by atoms with Gasteiger partial charge in [-0.2, -0.15) is 0 Å². The van der Waals surface area contributed by atoms with Crippen LogP contribution in [0.15, 0.2) is 82.4 Å². The molecule has 8 aromatic rings. The highest BCUT2D eigenvalue weighted by molar-refractivity contribution is 6.07. The second-order valence-electron chi connectivity index (χ2n) is 21.7. The molecule has 77 heavy (non-hydrogen) atoms. The van der Waals surface area contributed by atoms with Gasteiger partial charge in [0.2, 0.25) is 10.9 Å². The van der Waals surface area contributed by atoms with Crippen LogP contribution in [0.4, 0.5) is 16.4 Å². The molecular weight excluding hydrogens is 977 g/mol. The van der Waals surface area contributed by atoms with Gasteiger partial charge in [-0.25, -0.2) is 14.8 Å². The normalized spacial score (nSPS) is 16.8. The van der Waals surface area contributed by atoms with E-state index in [1.807, 2.05) is 120 Å². The number of ether oxygens (including phenoxy) is 1. The third-order valence-corrected chi connectivity index (χ3v) is 15.5. The molecule has 4 aliphatic heterocycles. The van der Waals surface area contributed by atoms with Crippen molar-refractivity contribution in [1.29, 1.82) is 0 Å². The van der Waals surface area contributed by atoms with Crippen LogP contribution in [-0.4, -0.2) is 171 Å². The van der Waals surface area contributed by atoms with E-state index in [0.29, 0.717) is 72.6 Å². The van der Waals surface area contributed by atoms with Crippen molar-refractivity contribution in [1.82, 2.24) is 58.6 Å². The van der Waals surface area contributed by atoms with E-state index in [1.54, 1.807) is 11.0 Å². The summed E-state index contributed by atoms with van der Waals surface area (Å²) >= 11 is 0. The van der Waals surface area contributed by atoms with Gasteiger partial charge in [-0.05, 0) is 121 Å². The van der Waals surface area contributed by atoms with Crippen LogP contribution in [0.5, 0.6) is 0 Å². The SMILES string of the molecule is Cn1c2ccccc2n2c3nc(N4CCN(C(=O)OC(C)(C)C)CC4)ccc3c(=O)c(C(=O)NCCN3CCCC3)c12.Cn1c2ccccc2n2c3nc(N4CCNCC4)ccc3c(=O)c(C(=O)NCCN3CCCC3)c12. The van der Waals surface area contributed by atoms with Gasteiger partial charge in [0.1, 0.15) is 39.7 Å². The number of aromatic nitrogens is 6. The summed E-state index contributed by atoms with van der Waals surface area (Å²) in [5.74, 6) is 0.871. The number of para-hydroxylation sites is 4. The average molecular weight is 1050 g/mol. The third kappa shape index (κ3) is 10.0. The van der Waals surface area contributed by atoms with E-state index in [4.69, 9.17) is 14.7 Å². The maximum absolute atomic E-state index is 13.9. The minimum atomic E-state index is -0.547. The summed E-state index contributed by atoms with van der Waals surface area (Å²) in [6.45, 7) is 18.1. The molecule has 0 spiro atoms. The Hall–Kier alpha value is -7.55. The van der Waals surface area contributed by atoms with Gasteiger partial charge in [0.05, 0.1) is 32.8 Å². The Morgan fingerprint density at radius 3 is 1.40 bits per heavy atom. The van der Waals surface area contributed by atoms with Crippen molar-refractivity contribution in [3.63, 3.8) is 0 Å². The van der Waals surface area contributed by atoms with Crippen LogP contribution >= 0.6 is 0 Å². The number of hydrogen-bond donors (Lipinski definition) is 3. The first kappa shape index (κ1) is 51.6. The fourth-order valence-electron chi connectivity index (χ4n) is 11.6. The first-order valence-electron chi connectivity index (χ1n) is 27.3. The van der Waals surface area contributed by atoms with Crippen LogP contribution in [0.3, 0.4) is 0 Å². The van der Waals surface area contributed by atoms with Gasteiger partial charge < -0.3 is 54.3 Å². The highest BCUT2D eigenvalue weighted by Crippen LogP contribution is 2.29. The number of carbonyl (C=O) groups excluding carboxylic acids is 3. The van der Waals surface area contributed by atoms with E-state index in [-0.39, 0.29) is 39.9 Å². The quantitative estimate of drug-likeness (QED) is 0.170. The average Bonchev–Trinajstić information content (AvgIpc) is 4.43. The molecule has 0 bridgehead atoms. The maximum Gasteiger partial charge on any atom is 0.410 e. The molecule has 12 rings (SSSR count). The molecule has 0 radical (unpaired) electrons. The molecule has 0 unspecified atom stereocenters. The molecule has 0 saturated carbocycles. The lowest BCUT2D eigenvalue weighted by Gasteiger charge is -2.36. The number of amides is 3. The fourth-order valence-corrected chi connectivity index (χ4v) is 11.6. The van der Waals surface area contributed by atoms with Gasteiger partial charge in [0.25, 0.3) is 11.8 Å². The Balaban J connectivity index is 0.000000166. The predicted molar refractivity (Wildman–Crippen MR) is 302 cm³/mol. The van der Waals surface area contributed by atoms with Crippen LogP contribution in [0, 0.1) is 0 Å². The van der Waals surface area contributed by atoms with E-state index >= 15 is 0 Å². The number of nitrogens with one attached hydrogen (secondary N) is 3. The summed E-state index contributed by atoms with van der Waals surface area (Å²) in [6, 6.07) is 23.2. The molecule has 10 heterocycles. The molecule has 4 saturated heterocycles. The van der Waals surface area contributed by atoms with Gasteiger partial charge in [-0.15, -0.1) is 0 Å². The Labute approximate surface area is 446 Å². The van der Waals surface area contributed by atoms with E-state index in [0.717, 1.165) is 99.2 Å². The zero-order valence-electron chi connectivity index (χ0n) is 44.9. The number of carbonyl (C=O) groups is 3. The lowest BCUT2D eigenvalue weighted by atomic mass is 10.1. The number of anilines is 2. The number of fused-ring (bicyclic) bond motifs is 10. The zero-order chi connectivity index (χ0) is 53.5. The van der Waals surface area contributed by atoms with Crippen molar-refractivity contribution in [2.24, 2.45) is 14.1 Å². The molecule has 20 heteroatoms. The number of hydrogen-bond acceptors (Lipinski definition) is 13. The monoisotopic (exact) mass is 1050 g/mol. The van der Waals surface area contributed by atoms with Crippen molar-refractivity contribution in [3.8, 4) is 0 Å². The Morgan fingerprint density at radius 2 is 0.974 bits per heavy atom. The lowest BCUT2D eigenvalue weighted by Crippen LogP contribution is -2.50. The van der Waals surface area contributed by atoms with Gasteiger partial charge >= 0.3 is 6.09 Å². The van der Waals surface area contributed by atoms with Crippen molar-refractivity contribution in [3.05, 3.63) is 104 Å². The molecule has 4 aliphatic rings. The largest absolute Gasteiger partial charge is 0.444 e. The Kier molecular flexibility index (Phi) is 14.4. The van der Waals surface area contributed by atoms with Crippen LogP contribution < -0.4 is 36.6 Å². The van der Waals surface area contributed by atoms with E-state index < -0.39 is 5.60 Å². The molecule has 20 nitrogen and oxygen atoms in total. The number of pyridine rings is 4. The van der Waals surface area contributed by atoms with Crippen molar-refractivity contribution in [2.45, 2.75) is 52.1 Å². The molecule has 4 fully saturated rings. The highest BCUT2D eigenvalue weighted by atomic mass is 16.6. The summed E-state index contributed by atoms with van der Waals surface area (Å²) in [5, 5.41) is 10.2. The standard InChI is InChI=1S/C31H39N7O4.C26H31N7O2/c1-31(2,3)42-30(41)37-19-17-36(18-20-37)24-12-11-21-26(39)25(28(40)32-13-16-35-14-7-8-15-35)29-34(4)22-9-5-6-10-23(22)38(29)27(21)33-24;1-30-19-6-2-3-7-20(19)33-24-18(8-9-21(29-24)32-16-10-27-11-17-32)23(34)22(26(30)33)25(35)28-12-15-31-13-4-5-14-31/h5-6,9-12H,7-8,13-20H2,1-4H3,(H,32,40);2-3,6-9,27H,4-5,10-17H2,1H3,(H,28,35). The number of rotatable bonds is 10. The minimum absolute atomic E-state index is 0.128. The van der Waals surface area contributed by atoms with E-state index in [1.165, 1.54) is 25.7 Å². The van der Waals surface area contributed by atoms with Gasteiger partial charge in [-0.1, -0.05) is 24.3 Å². The second kappa shape index (κ2) is 21.5. The zero-order valence-corrected chi connectivity index (χ0v) is 44.9. The fraction of sp³-hybridized carbons (Fsp3) is 0.456. The van der Waals surface area contributed by atoms with Crippen LogP contribution in [-0.2, 0) is 18.8 Å². The molecule has 2 aromatic carbocycles. The summed E-state index contributed by atoms with van der Waals surface area (Å²) in [6.07, 6.45) is 4.47. The van der Waals surface area contributed by atoms with E-state index in [2.05, 4.69) is 35.6 Å². The van der Waals surface area contributed by atoms with Gasteiger partial charge in [-0.3, -0.25) is 28.0 Å². The number of aryl methyl sites for hydroxylation is 2. The maximum atomic E-state index is 13.9. The number of likely N-dealkylation sites (tertiary alicyclic amines) is 2. The first-order chi connectivity index (χ1) is 37.3. The molecule has 3 amide bonds. The summed E-state index contributed by atoms with van der Waals surface area (Å²) in [7, 11) is 3.79. The smallest absolute Gasteiger partial charge is 0.410 e. The highest BCUT2D eigenvalue weighted by Gasteiger charge is 2.30. The lowest BCUT2D eigenvalue weighted by molar-refractivity contribution is 0.0240. The molecular formula is C57H70N14O6. The van der Waals surface area contributed by atoms with E-state index in [9.17, 15) is 24.0 Å². The first-order valence-corrected chi connectivity index (χ1v) is 27.3. The number of nitrogens with zero attached hydrogens (tertiary/aromatic N) is 11. The van der Waals surface area contributed by atoms with Gasteiger partial charge in [0, 0.05) is 92.6 Å². The van der Waals surface area contributed by atoms with Crippen LogP contribution in [0.2, 0.25) is 0 Å². The molecule has 404 valence electrons. The number of benzene rings is 2. The molecule has 6 aromatic heterocycles. The van der Waals surface area contributed by atoms with Crippen LogP contribution in [0.25, 0.3) is 55.4 Å². The number of imidazole rings is 2. The van der Waals surface area contributed by atoms with Crippen molar-refractivity contribution >= 4 is 85.0 Å². The minimum Gasteiger partial charge on any atom is -0.444 e. The molecule has 3 N–H and O–H groups in total.